The summed E-state index contributed by atoms with van der Waals surface area (Å²) < 4.78 is 7.89. The fraction of sp³-hybridized carbons (Fsp3) is 0.333. The summed E-state index contributed by atoms with van der Waals surface area (Å²) in [6, 6.07) is 15.9. The number of thioether (sulfide) groups is 1. The smallest absolute Gasteiger partial charge is 0.258 e. The maximum atomic E-state index is 12.8. The Labute approximate surface area is 186 Å². The number of hydrogen-bond acceptors (Lipinski definition) is 5. The minimum Gasteiger partial charge on any atom is -0.492 e. The highest BCUT2D eigenvalue weighted by atomic mass is 32.2. The number of carbonyl (C=O) groups excluding carboxylic acids is 1. The zero-order chi connectivity index (χ0) is 21.0. The molecule has 0 radical (unpaired) electrons. The molecule has 31 heavy (non-hydrogen) atoms. The Bertz CT molecular complexity index is 1090. The maximum absolute atomic E-state index is 12.8. The normalized spacial score (nSPS) is 16.8. The molecule has 3 aromatic rings. The molecule has 2 aliphatic rings. The van der Waals surface area contributed by atoms with Crippen LogP contribution in [0.2, 0.25) is 0 Å². The van der Waals surface area contributed by atoms with Crippen LogP contribution in [0.4, 0.5) is 0 Å². The molecule has 0 unspecified atom stereocenters. The molecular formula is C24H26N4O2S. The van der Waals surface area contributed by atoms with Gasteiger partial charge in [0.15, 0.2) is 0 Å². The predicted octanol–water partition coefficient (Wildman–Crippen LogP) is 3.69. The molecule has 2 aliphatic heterocycles. The number of para-hydroxylation sites is 1. The third-order valence-corrected chi connectivity index (χ3v) is 6.97. The van der Waals surface area contributed by atoms with Crippen LogP contribution in [-0.2, 0) is 4.79 Å². The van der Waals surface area contributed by atoms with Crippen molar-refractivity contribution in [3.63, 3.8) is 0 Å². The van der Waals surface area contributed by atoms with E-state index in [1.165, 1.54) is 11.8 Å². The molecule has 0 aliphatic carbocycles. The van der Waals surface area contributed by atoms with E-state index in [0.29, 0.717) is 12.5 Å². The van der Waals surface area contributed by atoms with Crippen LogP contribution in [0, 0.1) is 5.92 Å². The lowest BCUT2D eigenvalue weighted by atomic mass is 9.97. The van der Waals surface area contributed by atoms with Crippen molar-refractivity contribution in [1.29, 1.82) is 0 Å². The molecule has 2 aromatic heterocycles. The Morgan fingerprint density at radius 3 is 2.81 bits per heavy atom. The van der Waals surface area contributed by atoms with Crippen molar-refractivity contribution < 1.29 is 9.53 Å². The average Bonchev–Trinajstić information content (AvgIpc) is 3.23. The number of imidazole rings is 1. The van der Waals surface area contributed by atoms with E-state index >= 15 is 0 Å². The van der Waals surface area contributed by atoms with E-state index in [1.807, 2.05) is 60.8 Å². The summed E-state index contributed by atoms with van der Waals surface area (Å²) in [6.07, 6.45) is 5.96. The number of pyridine rings is 1. The van der Waals surface area contributed by atoms with Crippen molar-refractivity contribution >= 4 is 29.4 Å². The Balaban J connectivity index is 1.06. The second-order valence-electron chi connectivity index (χ2n) is 8.01. The van der Waals surface area contributed by atoms with Crippen molar-refractivity contribution in [1.82, 2.24) is 19.6 Å². The first-order valence-electron chi connectivity index (χ1n) is 10.8. The Morgan fingerprint density at radius 2 is 1.97 bits per heavy atom. The summed E-state index contributed by atoms with van der Waals surface area (Å²) in [4.78, 5) is 20.4. The van der Waals surface area contributed by atoms with Crippen LogP contribution >= 0.6 is 11.8 Å². The van der Waals surface area contributed by atoms with Crippen molar-refractivity contribution in [3.05, 3.63) is 65.3 Å². The number of amides is 1. The molecule has 5 rings (SSSR count). The largest absolute Gasteiger partial charge is 0.492 e. The second kappa shape index (κ2) is 9.16. The molecule has 0 bridgehead atoms. The summed E-state index contributed by atoms with van der Waals surface area (Å²) in [5.41, 5.74) is 1.87. The first-order chi connectivity index (χ1) is 15.3. The first-order valence-corrected chi connectivity index (χ1v) is 11.6. The monoisotopic (exact) mass is 434 g/mol. The van der Waals surface area contributed by atoms with Gasteiger partial charge in [-0.3, -0.25) is 14.1 Å². The number of nitrogens with one attached hydrogen (secondary N) is 1. The number of ether oxygens (including phenoxy) is 1. The minimum atomic E-state index is 0.00754. The molecule has 4 heterocycles. The molecule has 1 amide bonds. The van der Waals surface area contributed by atoms with E-state index in [9.17, 15) is 4.79 Å². The molecular weight excluding hydrogens is 408 g/mol. The highest BCUT2D eigenvalue weighted by Crippen LogP contribution is 2.34. The Morgan fingerprint density at radius 1 is 1.13 bits per heavy atom. The lowest BCUT2D eigenvalue weighted by Crippen LogP contribution is -2.40. The third kappa shape index (κ3) is 4.62. The van der Waals surface area contributed by atoms with Gasteiger partial charge in [0.1, 0.15) is 18.0 Å². The molecule has 6 nitrogen and oxygen atoms in total. The van der Waals surface area contributed by atoms with E-state index in [4.69, 9.17) is 4.74 Å². The lowest BCUT2D eigenvalue weighted by Gasteiger charge is -2.32. The van der Waals surface area contributed by atoms with Gasteiger partial charge in [-0.15, -0.1) is 0 Å². The minimum absolute atomic E-state index is 0.00754. The molecule has 1 N–H and O–H groups in total. The van der Waals surface area contributed by atoms with Crippen LogP contribution in [0.5, 0.6) is 5.75 Å². The fourth-order valence-corrected chi connectivity index (χ4v) is 5.15. The first kappa shape index (κ1) is 20.2. The lowest BCUT2D eigenvalue weighted by molar-refractivity contribution is -0.117. The van der Waals surface area contributed by atoms with Crippen LogP contribution in [0.1, 0.15) is 18.5 Å². The van der Waals surface area contributed by atoms with Crippen molar-refractivity contribution in [2.45, 2.75) is 17.9 Å². The van der Waals surface area contributed by atoms with Crippen molar-refractivity contribution in [3.8, 4) is 5.75 Å². The van der Waals surface area contributed by atoms with Gasteiger partial charge in [0.05, 0.1) is 21.8 Å². The fourth-order valence-electron chi connectivity index (χ4n) is 4.15. The summed E-state index contributed by atoms with van der Waals surface area (Å²) in [7, 11) is 0. The number of nitrogens with zero attached hydrogens (tertiary/aromatic N) is 3. The van der Waals surface area contributed by atoms with Gasteiger partial charge in [-0.2, -0.15) is 0 Å². The van der Waals surface area contributed by atoms with Crippen molar-refractivity contribution in [2.24, 2.45) is 5.92 Å². The van der Waals surface area contributed by atoms with E-state index in [0.717, 1.165) is 66.0 Å². The van der Waals surface area contributed by atoms with Gasteiger partial charge in [0, 0.05) is 13.1 Å². The van der Waals surface area contributed by atoms with Gasteiger partial charge in [0.25, 0.3) is 5.91 Å². The number of benzene rings is 1. The van der Waals surface area contributed by atoms with Gasteiger partial charge in [-0.25, -0.2) is 4.98 Å². The third-order valence-electron chi connectivity index (χ3n) is 5.92. The molecule has 160 valence electrons. The van der Waals surface area contributed by atoms with Crippen LogP contribution in [0.15, 0.2) is 64.7 Å². The number of aromatic nitrogens is 2. The molecule has 1 fully saturated rings. The zero-order valence-electron chi connectivity index (χ0n) is 17.4. The van der Waals surface area contributed by atoms with E-state index in [2.05, 4.69) is 19.6 Å². The van der Waals surface area contributed by atoms with Crippen LogP contribution in [0.3, 0.4) is 0 Å². The highest BCUT2D eigenvalue weighted by Gasteiger charge is 2.23. The maximum Gasteiger partial charge on any atom is 0.258 e. The van der Waals surface area contributed by atoms with E-state index < -0.39 is 0 Å². The number of rotatable bonds is 7. The van der Waals surface area contributed by atoms with Gasteiger partial charge >= 0.3 is 0 Å². The highest BCUT2D eigenvalue weighted by molar-refractivity contribution is 8.04. The van der Waals surface area contributed by atoms with Gasteiger partial charge in [-0.05, 0) is 62.2 Å². The molecule has 0 atom stereocenters. The topological polar surface area (TPSA) is 58.9 Å². The Kier molecular flexibility index (Phi) is 5.95. The molecule has 0 saturated carbocycles. The average molecular weight is 435 g/mol. The Hall–Kier alpha value is -2.77. The molecule has 7 heteroatoms. The summed E-state index contributed by atoms with van der Waals surface area (Å²) in [6.45, 7) is 4.49. The standard InChI is InChI=1S/C24H26N4O2S/c29-24(21-15-19-17-25-22-7-4-8-23(31-21)28(19)22)26-16-18-9-11-27(12-10-18)13-14-30-20-5-2-1-3-6-20/h1-8,15,17-18H,9-14,16H2,(H,26,29). The quantitative estimate of drug-likeness (QED) is 0.615. The van der Waals surface area contributed by atoms with Crippen LogP contribution < -0.4 is 10.1 Å². The number of carbonyl (C=O) groups is 1. The van der Waals surface area contributed by atoms with Crippen LogP contribution in [-0.4, -0.2) is 53.0 Å². The van der Waals surface area contributed by atoms with E-state index in [1.54, 1.807) is 0 Å². The molecule has 1 saturated heterocycles. The predicted molar refractivity (Wildman–Crippen MR) is 123 cm³/mol. The summed E-state index contributed by atoms with van der Waals surface area (Å²) >= 11 is 1.51. The number of piperidine rings is 1. The van der Waals surface area contributed by atoms with Gasteiger partial charge < -0.3 is 10.1 Å². The van der Waals surface area contributed by atoms with Gasteiger partial charge in [0.2, 0.25) is 0 Å². The molecule has 1 aromatic carbocycles. The SMILES string of the molecule is O=C(NCC1CCN(CCOc2ccccc2)CC1)C1=Cc2cnc3cccc(n23)S1. The van der Waals surface area contributed by atoms with Gasteiger partial charge in [-0.1, -0.05) is 36.0 Å². The van der Waals surface area contributed by atoms with E-state index in [-0.39, 0.29) is 5.91 Å². The summed E-state index contributed by atoms with van der Waals surface area (Å²) in [5.74, 6) is 1.46. The van der Waals surface area contributed by atoms with Crippen LogP contribution in [0.25, 0.3) is 11.7 Å². The number of likely N-dealkylation sites (tertiary alicyclic amines) is 1. The second-order valence-corrected chi connectivity index (χ2v) is 9.07. The number of hydrogen-bond donors (Lipinski definition) is 1. The van der Waals surface area contributed by atoms with Crippen molar-refractivity contribution in [2.75, 3.05) is 32.8 Å². The summed E-state index contributed by atoms with van der Waals surface area (Å²) in [5, 5.41) is 4.19. The zero-order valence-corrected chi connectivity index (χ0v) is 18.2. The molecule has 0 spiro atoms.